The average molecular weight is 248 g/mol. The topological polar surface area (TPSA) is 33.1 Å². The third-order valence-electron chi connectivity index (χ3n) is 1.81. The first kappa shape index (κ1) is 9.84. The molecule has 5 heteroatoms. The molecule has 1 aromatic heterocycles. The third kappa shape index (κ3) is 1.50. The van der Waals surface area contributed by atoms with Gasteiger partial charge >= 0.3 is 0 Å². The average Bonchev–Trinajstić information content (AvgIpc) is 2.10. The van der Waals surface area contributed by atoms with Gasteiger partial charge < -0.3 is 5.11 Å². The van der Waals surface area contributed by atoms with Gasteiger partial charge in [0.2, 0.25) is 0 Å². The van der Waals surface area contributed by atoms with Crippen LogP contribution in [0.3, 0.4) is 0 Å². The third-order valence-corrected chi connectivity index (χ3v) is 2.62. The zero-order valence-electron chi connectivity index (χ0n) is 6.76. The first-order chi connectivity index (χ1) is 6.59. The Morgan fingerprint density at radius 1 is 1.07 bits per heavy atom. The molecule has 14 heavy (non-hydrogen) atoms. The number of rotatable bonds is 0. The van der Waals surface area contributed by atoms with Gasteiger partial charge in [-0.2, -0.15) is 0 Å². The van der Waals surface area contributed by atoms with Crippen molar-refractivity contribution in [2.24, 2.45) is 0 Å². The quantitative estimate of drug-likeness (QED) is 0.717. The van der Waals surface area contributed by atoms with Gasteiger partial charge in [-0.05, 0) is 18.2 Å². The number of halogens is 3. The van der Waals surface area contributed by atoms with Crippen LogP contribution in [0.1, 0.15) is 0 Å². The van der Waals surface area contributed by atoms with Crippen molar-refractivity contribution < 1.29 is 5.11 Å². The second-order valence-electron chi connectivity index (χ2n) is 2.72. The van der Waals surface area contributed by atoms with E-state index in [4.69, 9.17) is 34.8 Å². The van der Waals surface area contributed by atoms with E-state index in [0.717, 1.165) is 0 Å². The zero-order valence-corrected chi connectivity index (χ0v) is 9.03. The fraction of sp³-hybridized carbons (Fsp3) is 0. The largest absolute Gasteiger partial charge is 0.506 e. The summed E-state index contributed by atoms with van der Waals surface area (Å²) in [4.78, 5) is 3.94. The number of fused-ring (bicyclic) bond motifs is 1. The molecule has 0 saturated carbocycles. The highest BCUT2D eigenvalue weighted by atomic mass is 35.5. The van der Waals surface area contributed by atoms with Crippen LogP contribution in [0, 0.1) is 0 Å². The number of pyridine rings is 1. The highest BCUT2D eigenvalue weighted by molar-refractivity contribution is 6.43. The standard InChI is InChI=1S/C9H4Cl3NO/c10-4-1-2-6(14)9-8(4)5(11)3-7(12)13-9/h1-3,14H. The predicted octanol–water partition coefficient (Wildman–Crippen LogP) is 3.90. The van der Waals surface area contributed by atoms with E-state index >= 15 is 0 Å². The fourth-order valence-corrected chi connectivity index (χ4v) is 2.06. The zero-order chi connectivity index (χ0) is 10.3. The van der Waals surface area contributed by atoms with E-state index in [9.17, 15) is 5.11 Å². The normalized spacial score (nSPS) is 10.8. The van der Waals surface area contributed by atoms with Crippen molar-refractivity contribution in [1.82, 2.24) is 4.98 Å². The minimum absolute atomic E-state index is 0.00815. The van der Waals surface area contributed by atoms with E-state index in [1.54, 1.807) is 6.07 Å². The van der Waals surface area contributed by atoms with Gasteiger partial charge in [-0.1, -0.05) is 34.8 Å². The van der Waals surface area contributed by atoms with E-state index in [2.05, 4.69) is 4.98 Å². The second-order valence-corrected chi connectivity index (χ2v) is 3.92. The van der Waals surface area contributed by atoms with Crippen molar-refractivity contribution in [3.8, 4) is 5.75 Å². The van der Waals surface area contributed by atoms with Crippen LogP contribution in [0.25, 0.3) is 10.9 Å². The summed E-state index contributed by atoms with van der Waals surface area (Å²) in [5, 5.41) is 11.1. The minimum Gasteiger partial charge on any atom is -0.506 e. The number of aromatic nitrogens is 1. The Labute approximate surface area is 95.0 Å². The minimum atomic E-state index is 0.00815. The lowest BCUT2D eigenvalue weighted by atomic mass is 10.2. The molecule has 1 aromatic carbocycles. The van der Waals surface area contributed by atoms with Crippen LogP contribution in [0.4, 0.5) is 0 Å². The highest BCUT2D eigenvalue weighted by Crippen LogP contribution is 2.35. The lowest BCUT2D eigenvalue weighted by Gasteiger charge is -2.04. The van der Waals surface area contributed by atoms with Crippen molar-refractivity contribution in [2.75, 3.05) is 0 Å². The number of benzene rings is 1. The van der Waals surface area contributed by atoms with Gasteiger partial charge in [0.05, 0.1) is 10.0 Å². The number of phenolic OH excluding ortho intramolecular Hbond substituents is 1. The number of hydrogen-bond acceptors (Lipinski definition) is 2. The summed E-state index contributed by atoms with van der Waals surface area (Å²) in [5.74, 6) is 0.00815. The molecule has 0 spiro atoms. The van der Waals surface area contributed by atoms with Crippen LogP contribution >= 0.6 is 34.8 Å². The summed E-state index contributed by atoms with van der Waals surface area (Å²) in [6, 6.07) is 4.49. The van der Waals surface area contributed by atoms with Gasteiger partial charge in [0.25, 0.3) is 0 Å². The van der Waals surface area contributed by atoms with E-state index in [1.165, 1.54) is 12.1 Å². The van der Waals surface area contributed by atoms with Gasteiger partial charge in [-0.15, -0.1) is 0 Å². The van der Waals surface area contributed by atoms with Crippen molar-refractivity contribution in [3.05, 3.63) is 33.4 Å². The maximum Gasteiger partial charge on any atom is 0.142 e. The predicted molar refractivity (Wildman–Crippen MR) is 58.4 cm³/mol. The Morgan fingerprint density at radius 2 is 1.79 bits per heavy atom. The summed E-state index contributed by atoms with van der Waals surface area (Å²) in [6.45, 7) is 0. The maximum atomic E-state index is 9.51. The number of aromatic hydroxyl groups is 1. The van der Waals surface area contributed by atoms with Crippen LogP contribution in [-0.4, -0.2) is 10.1 Å². The van der Waals surface area contributed by atoms with Gasteiger partial charge in [-0.3, -0.25) is 0 Å². The Hall–Kier alpha value is -0.700. The summed E-state index contributed by atoms with van der Waals surface area (Å²) in [7, 11) is 0. The van der Waals surface area contributed by atoms with Gasteiger partial charge in [0.15, 0.2) is 0 Å². The molecule has 2 aromatic rings. The van der Waals surface area contributed by atoms with E-state index in [1.807, 2.05) is 0 Å². The van der Waals surface area contributed by atoms with Crippen LogP contribution in [0.5, 0.6) is 5.75 Å². The number of phenols is 1. The maximum absolute atomic E-state index is 9.51. The second kappa shape index (κ2) is 3.46. The smallest absolute Gasteiger partial charge is 0.142 e. The van der Waals surface area contributed by atoms with Gasteiger partial charge in [-0.25, -0.2) is 4.98 Å². The molecule has 72 valence electrons. The van der Waals surface area contributed by atoms with Crippen LogP contribution in [-0.2, 0) is 0 Å². The van der Waals surface area contributed by atoms with Crippen molar-refractivity contribution in [1.29, 1.82) is 0 Å². The first-order valence-electron chi connectivity index (χ1n) is 3.73. The molecule has 0 aliphatic rings. The molecule has 0 aliphatic heterocycles. The molecule has 0 unspecified atom stereocenters. The molecule has 0 radical (unpaired) electrons. The molecule has 2 nitrogen and oxygen atoms in total. The Kier molecular flexibility index (Phi) is 2.43. The SMILES string of the molecule is Oc1ccc(Cl)c2c(Cl)cc(Cl)nc12. The molecule has 0 bridgehead atoms. The van der Waals surface area contributed by atoms with Gasteiger partial charge in [0.1, 0.15) is 16.4 Å². The fourth-order valence-electron chi connectivity index (χ4n) is 1.21. The summed E-state index contributed by atoms with van der Waals surface area (Å²) in [6.07, 6.45) is 0. The van der Waals surface area contributed by atoms with Crippen molar-refractivity contribution >= 4 is 45.7 Å². The Morgan fingerprint density at radius 3 is 2.50 bits per heavy atom. The summed E-state index contributed by atoms with van der Waals surface area (Å²) >= 11 is 17.5. The number of nitrogens with zero attached hydrogens (tertiary/aromatic N) is 1. The van der Waals surface area contributed by atoms with Crippen LogP contribution in [0.2, 0.25) is 15.2 Å². The lowest BCUT2D eigenvalue weighted by Crippen LogP contribution is -1.83. The number of hydrogen-bond donors (Lipinski definition) is 1. The Balaban J connectivity index is 3.00. The van der Waals surface area contributed by atoms with E-state index < -0.39 is 0 Å². The van der Waals surface area contributed by atoms with Crippen molar-refractivity contribution in [3.63, 3.8) is 0 Å². The molecule has 0 atom stereocenters. The van der Waals surface area contributed by atoms with E-state index in [-0.39, 0.29) is 10.9 Å². The molecule has 0 amide bonds. The highest BCUT2D eigenvalue weighted by Gasteiger charge is 2.10. The molecule has 0 aliphatic carbocycles. The Bertz CT molecular complexity index is 513. The molecule has 1 N–H and O–H groups in total. The summed E-state index contributed by atoms with van der Waals surface area (Å²) < 4.78 is 0. The van der Waals surface area contributed by atoms with Gasteiger partial charge in [0, 0.05) is 5.39 Å². The van der Waals surface area contributed by atoms with E-state index in [0.29, 0.717) is 20.9 Å². The molecule has 0 saturated heterocycles. The molecular formula is C9H4Cl3NO. The first-order valence-corrected chi connectivity index (χ1v) is 4.86. The van der Waals surface area contributed by atoms with Crippen LogP contribution in [0.15, 0.2) is 18.2 Å². The van der Waals surface area contributed by atoms with Crippen LogP contribution < -0.4 is 0 Å². The lowest BCUT2D eigenvalue weighted by molar-refractivity contribution is 0.480. The van der Waals surface area contributed by atoms with Crippen molar-refractivity contribution in [2.45, 2.75) is 0 Å². The monoisotopic (exact) mass is 247 g/mol. The molecule has 0 fully saturated rings. The molecular weight excluding hydrogens is 244 g/mol. The summed E-state index contributed by atoms with van der Waals surface area (Å²) in [5.41, 5.74) is 0.315. The molecule has 2 rings (SSSR count). The molecule has 1 heterocycles.